The molecule has 0 bridgehead atoms. The minimum Gasteiger partial charge on any atom is -0.480 e. The van der Waals surface area contributed by atoms with Gasteiger partial charge in [-0.3, -0.25) is 9.78 Å². The highest BCUT2D eigenvalue weighted by Crippen LogP contribution is 2.28. The number of hydrogen-bond donors (Lipinski definition) is 3. The first kappa shape index (κ1) is 17.8. The summed E-state index contributed by atoms with van der Waals surface area (Å²) in [6.45, 7) is 1.72. The number of benzene rings is 1. The number of aliphatic carboxylic acids is 1. The van der Waals surface area contributed by atoms with Gasteiger partial charge < -0.3 is 15.7 Å². The first-order valence-corrected chi connectivity index (χ1v) is 8.59. The van der Waals surface area contributed by atoms with Crippen LogP contribution >= 0.6 is 15.9 Å². The first-order valence-electron chi connectivity index (χ1n) is 7.80. The van der Waals surface area contributed by atoms with Crippen molar-refractivity contribution in [2.24, 2.45) is 0 Å². The normalized spacial score (nSPS) is 10.4. The van der Waals surface area contributed by atoms with Gasteiger partial charge in [-0.05, 0) is 36.8 Å². The van der Waals surface area contributed by atoms with E-state index in [1.165, 1.54) is 0 Å². The van der Waals surface area contributed by atoms with Gasteiger partial charge in [-0.2, -0.15) is 4.98 Å². The number of carboxylic acids is 1. The van der Waals surface area contributed by atoms with Crippen molar-refractivity contribution in [3.8, 4) is 11.3 Å². The van der Waals surface area contributed by atoms with Crippen molar-refractivity contribution in [2.75, 3.05) is 17.2 Å². The summed E-state index contributed by atoms with van der Waals surface area (Å²) < 4.78 is 0.982. The Balaban J connectivity index is 1.99. The van der Waals surface area contributed by atoms with Gasteiger partial charge in [0.2, 0.25) is 5.95 Å². The van der Waals surface area contributed by atoms with E-state index in [1.807, 2.05) is 43.3 Å². The maximum absolute atomic E-state index is 10.8. The van der Waals surface area contributed by atoms with E-state index < -0.39 is 5.97 Å². The molecule has 7 nitrogen and oxygen atoms in total. The molecule has 0 amide bonds. The monoisotopic (exact) mass is 413 g/mol. The molecule has 132 valence electrons. The van der Waals surface area contributed by atoms with Crippen molar-refractivity contribution in [1.82, 2.24) is 15.0 Å². The molecule has 0 aliphatic carbocycles. The topological polar surface area (TPSA) is 100 Å². The number of rotatable bonds is 6. The Hall–Kier alpha value is -3.00. The van der Waals surface area contributed by atoms with Gasteiger partial charge >= 0.3 is 5.97 Å². The fourth-order valence-electron chi connectivity index (χ4n) is 2.30. The zero-order valence-corrected chi connectivity index (χ0v) is 15.5. The molecule has 0 saturated heterocycles. The number of hydrogen-bond acceptors (Lipinski definition) is 6. The molecule has 8 heteroatoms. The van der Waals surface area contributed by atoms with Crippen LogP contribution in [0.4, 0.5) is 17.5 Å². The third-order valence-corrected chi connectivity index (χ3v) is 4.49. The number of aromatic nitrogens is 3. The van der Waals surface area contributed by atoms with Crippen LogP contribution in [-0.2, 0) is 4.79 Å². The van der Waals surface area contributed by atoms with Crippen molar-refractivity contribution in [2.45, 2.75) is 6.92 Å². The molecule has 2 aromatic heterocycles. The molecule has 0 atom stereocenters. The fraction of sp³-hybridized carbons (Fsp3) is 0.111. The van der Waals surface area contributed by atoms with Gasteiger partial charge in [0.1, 0.15) is 12.4 Å². The van der Waals surface area contributed by atoms with Gasteiger partial charge in [-0.1, -0.05) is 22.0 Å². The van der Waals surface area contributed by atoms with Crippen LogP contribution in [0.1, 0.15) is 5.56 Å². The minimum absolute atomic E-state index is 0.233. The molecule has 3 aromatic rings. The predicted octanol–water partition coefficient (Wildman–Crippen LogP) is 3.85. The summed E-state index contributed by atoms with van der Waals surface area (Å²) in [5, 5.41) is 14.9. The third-order valence-electron chi connectivity index (χ3n) is 3.63. The van der Waals surface area contributed by atoms with Crippen LogP contribution in [0.3, 0.4) is 0 Å². The van der Waals surface area contributed by atoms with Crippen molar-refractivity contribution >= 4 is 39.4 Å². The average Bonchev–Trinajstić information content (AvgIpc) is 2.64. The Morgan fingerprint density at radius 1 is 1.19 bits per heavy atom. The number of anilines is 3. The van der Waals surface area contributed by atoms with E-state index in [2.05, 4.69) is 41.5 Å². The highest BCUT2D eigenvalue weighted by Gasteiger charge is 2.10. The number of halogens is 1. The lowest BCUT2D eigenvalue weighted by Crippen LogP contribution is -2.15. The van der Waals surface area contributed by atoms with Gasteiger partial charge in [0.15, 0.2) is 0 Å². The lowest BCUT2D eigenvalue weighted by molar-refractivity contribution is -0.134. The van der Waals surface area contributed by atoms with Crippen LogP contribution in [0.15, 0.2) is 53.3 Å². The SMILES string of the molecule is Cc1c(Br)cccc1Nc1cc(-c2ccncc2)nc(NCC(=O)O)n1. The number of nitrogens with zero attached hydrogens (tertiary/aromatic N) is 3. The van der Waals surface area contributed by atoms with Crippen molar-refractivity contribution in [3.63, 3.8) is 0 Å². The van der Waals surface area contributed by atoms with Crippen LogP contribution < -0.4 is 10.6 Å². The smallest absolute Gasteiger partial charge is 0.322 e. The Labute approximate surface area is 158 Å². The van der Waals surface area contributed by atoms with Gasteiger partial charge in [0.25, 0.3) is 0 Å². The van der Waals surface area contributed by atoms with E-state index in [4.69, 9.17) is 5.11 Å². The molecule has 1 aromatic carbocycles. The van der Waals surface area contributed by atoms with Gasteiger partial charge in [0.05, 0.1) is 5.69 Å². The summed E-state index contributed by atoms with van der Waals surface area (Å²) in [5.41, 5.74) is 3.44. The maximum Gasteiger partial charge on any atom is 0.322 e. The molecule has 0 aliphatic rings. The molecule has 3 N–H and O–H groups in total. The number of carboxylic acid groups (broad SMARTS) is 1. The lowest BCUT2D eigenvalue weighted by Gasteiger charge is -2.13. The highest BCUT2D eigenvalue weighted by molar-refractivity contribution is 9.10. The number of nitrogens with one attached hydrogen (secondary N) is 2. The molecule has 26 heavy (non-hydrogen) atoms. The molecule has 0 saturated carbocycles. The molecule has 0 radical (unpaired) electrons. The second-order valence-corrected chi connectivity index (χ2v) is 6.34. The summed E-state index contributed by atoms with van der Waals surface area (Å²) in [5.74, 6) is -0.196. The molecular formula is C18H16BrN5O2. The van der Waals surface area contributed by atoms with Crippen LogP contribution in [0.2, 0.25) is 0 Å². The van der Waals surface area contributed by atoms with Gasteiger partial charge in [-0.25, -0.2) is 4.98 Å². The minimum atomic E-state index is -0.986. The summed E-state index contributed by atoms with van der Waals surface area (Å²) in [7, 11) is 0. The van der Waals surface area contributed by atoms with Crippen LogP contribution in [0.25, 0.3) is 11.3 Å². The predicted molar refractivity (Wildman–Crippen MR) is 104 cm³/mol. The fourth-order valence-corrected chi connectivity index (χ4v) is 2.66. The van der Waals surface area contributed by atoms with E-state index in [1.54, 1.807) is 12.4 Å². The second kappa shape index (κ2) is 7.92. The van der Waals surface area contributed by atoms with E-state index in [0.29, 0.717) is 11.5 Å². The number of carbonyl (C=O) groups is 1. The molecule has 0 unspecified atom stereocenters. The van der Waals surface area contributed by atoms with E-state index >= 15 is 0 Å². The van der Waals surface area contributed by atoms with Gasteiger partial charge in [0, 0.05) is 34.2 Å². The Bertz CT molecular complexity index is 934. The molecular weight excluding hydrogens is 398 g/mol. The number of pyridine rings is 1. The molecule has 2 heterocycles. The maximum atomic E-state index is 10.8. The quantitative estimate of drug-likeness (QED) is 0.563. The van der Waals surface area contributed by atoms with Crippen molar-refractivity contribution in [3.05, 3.63) is 58.8 Å². The van der Waals surface area contributed by atoms with Crippen molar-refractivity contribution in [1.29, 1.82) is 0 Å². The molecule has 0 fully saturated rings. The zero-order chi connectivity index (χ0) is 18.5. The van der Waals surface area contributed by atoms with E-state index in [-0.39, 0.29) is 12.5 Å². The largest absolute Gasteiger partial charge is 0.480 e. The Morgan fingerprint density at radius 2 is 1.96 bits per heavy atom. The first-order chi connectivity index (χ1) is 12.5. The summed E-state index contributed by atoms with van der Waals surface area (Å²) in [6.07, 6.45) is 3.35. The summed E-state index contributed by atoms with van der Waals surface area (Å²) in [4.78, 5) is 23.6. The second-order valence-electron chi connectivity index (χ2n) is 5.48. The standard InChI is InChI=1S/C18H16BrN5O2/c1-11-13(19)3-2-4-14(11)22-16-9-15(12-5-7-20-8-6-12)23-18(24-16)21-10-17(25)26/h2-9H,10H2,1H3,(H,25,26)(H2,21,22,23,24). The third kappa shape index (κ3) is 4.34. The summed E-state index contributed by atoms with van der Waals surface area (Å²) >= 11 is 3.51. The Morgan fingerprint density at radius 3 is 2.69 bits per heavy atom. The molecule has 0 aliphatic heterocycles. The van der Waals surface area contributed by atoms with Crippen molar-refractivity contribution < 1.29 is 9.90 Å². The van der Waals surface area contributed by atoms with E-state index in [9.17, 15) is 4.79 Å². The van der Waals surface area contributed by atoms with Crippen LogP contribution in [0, 0.1) is 6.92 Å². The molecule has 3 rings (SSSR count). The van der Waals surface area contributed by atoms with E-state index in [0.717, 1.165) is 21.3 Å². The van der Waals surface area contributed by atoms with Crippen LogP contribution in [-0.4, -0.2) is 32.6 Å². The average molecular weight is 414 g/mol. The van der Waals surface area contributed by atoms with Gasteiger partial charge in [-0.15, -0.1) is 0 Å². The van der Waals surface area contributed by atoms with Crippen LogP contribution in [0.5, 0.6) is 0 Å². The zero-order valence-electron chi connectivity index (χ0n) is 13.9. The lowest BCUT2D eigenvalue weighted by atomic mass is 10.2. The highest BCUT2D eigenvalue weighted by atomic mass is 79.9. The molecule has 0 spiro atoms. The summed E-state index contributed by atoms with van der Waals surface area (Å²) in [6, 6.07) is 11.3. The Kier molecular flexibility index (Phi) is 5.43.